The lowest BCUT2D eigenvalue weighted by Gasteiger charge is -2.38. The van der Waals surface area contributed by atoms with Crippen LogP contribution in [-0.4, -0.2) is 55.3 Å². The van der Waals surface area contributed by atoms with Crippen LogP contribution in [0.2, 0.25) is 5.02 Å². The molecule has 3 aliphatic rings. The normalized spacial score (nSPS) is 22.1. The third-order valence-electron chi connectivity index (χ3n) is 7.04. The zero-order valence-corrected chi connectivity index (χ0v) is 21.0. The summed E-state index contributed by atoms with van der Waals surface area (Å²) in [6, 6.07) is 21.4. The van der Waals surface area contributed by atoms with Crippen molar-refractivity contribution in [3.8, 4) is 0 Å². The van der Waals surface area contributed by atoms with Gasteiger partial charge < -0.3 is 4.90 Å². The second kappa shape index (κ2) is 9.10. The van der Waals surface area contributed by atoms with Crippen LogP contribution in [0.1, 0.15) is 5.56 Å². The number of rotatable bonds is 4. The van der Waals surface area contributed by atoms with Gasteiger partial charge >= 0.3 is 0 Å². The molecule has 36 heavy (non-hydrogen) atoms. The van der Waals surface area contributed by atoms with Crippen LogP contribution in [0.4, 0.5) is 21.5 Å². The lowest BCUT2D eigenvalue weighted by Crippen LogP contribution is -2.54. The molecule has 0 radical (unpaired) electrons. The van der Waals surface area contributed by atoms with Gasteiger partial charge in [-0.2, -0.15) is 0 Å². The van der Waals surface area contributed by atoms with Crippen molar-refractivity contribution >= 4 is 52.2 Å². The Morgan fingerprint density at radius 2 is 1.64 bits per heavy atom. The number of thioether (sulfide) groups is 1. The average molecular weight is 523 g/mol. The van der Waals surface area contributed by atoms with E-state index in [2.05, 4.69) is 9.80 Å². The SMILES string of the molecule is O=C1CSC2(C(=O)N(CN3CCN(c4ccc(F)cc4)CC3)c3ccccc32)N1c1cccc(Cl)c1. The molecule has 3 aliphatic heterocycles. The van der Waals surface area contributed by atoms with E-state index in [1.165, 1.54) is 23.9 Å². The Morgan fingerprint density at radius 1 is 0.889 bits per heavy atom. The summed E-state index contributed by atoms with van der Waals surface area (Å²) in [6.07, 6.45) is 0. The van der Waals surface area contributed by atoms with Crippen LogP contribution in [0.5, 0.6) is 0 Å². The molecule has 0 aliphatic carbocycles. The maximum Gasteiger partial charge on any atom is 0.269 e. The smallest absolute Gasteiger partial charge is 0.269 e. The fourth-order valence-electron chi connectivity index (χ4n) is 5.31. The number of benzene rings is 3. The van der Waals surface area contributed by atoms with Crippen molar-refractivity contribution in [2.75, 3.05) is 53.3 Å². The van der Waals surface area contributed by atoms with Crippen LogP contribution in [0.15, 0.2) is 72.8 Å². The second-order valence-corrected chi connectivity index (χ2v) is 10.7. The molecule has 9 heteroatoms. The van der Waals surface area contributed by atoms with Crippen molar-refractivity contribution in [1.82, 2.24) is 4.90 Å². The first-order chi connectivity index (χ1) is 17.5. The molecule has 1 atom stereocenters. The van der Waals surface area contributed by atoms with Crippen LogP contribution in [0.25, 0.3) is 0 Å². The Balaban J connectivity index is 1.27. The van der Waals surface area contributed by atoms with E-state index in [-0.39, 0.29) is 23.4 Å². The first-order valence-electron chi connectivity index (χ1n) is 11.8. The highest BCUT2D eigenvalue weighted by Crippen LogP contribution is 2.55. The quantitative estimate of drug-likeness (QED) is 0.503. The van der Waals surface area contributed by atoms with E-state index in [0.29, 0.717) is 17.4 Å². The van der Waals surface area contributed by atoms with Crippen molar-refractivity contribution in [3.05, 3.63) is 89.2 Å². The molecule has 2 fully saturated rings. The van der Waals surface area contributed by atoms with Crippen LogP contribution in [0.3, 0.4) is 0 Å². The van der Waals surface area contributed by atoms with Crippen molar-refractivity contribution in [2.24, 2.45) is 0 Å². The lowest BCUT2D eigenvalue weighted by atomic mass is 10.0. The van der Waals surface area contributed by atoms with Crippen molar-refractivity contribution < 1.29 is 14.0 Å². The highest BCUT2D eigenvalue weighted by molar-refractivity contribution is 8.02. The van der Waals surface area contributed by atoms with E-state index in [0.717, 1.165) is 43.1 Å². The minimum Gasteiger partial charge on any atom is -0.369 e. The monoisotopic (exact) mass is 522 g/mol. The molecule has 2 amide bonds. The van der Waals surface area contributed by atoms with Crippen molar-refractivity contribution in [3.63, 3.8) is 0 Å². The Kier molecular flexibility index (Phi) is 5.90. The molecule has 0 saturated carbocycles. The van der Waals surface area contributed by atoms with Crippen LogP contribution < -0.4 is 14.7 Å². The topological polar surface area (TPSA) is 47.1 Å². The molecule has 6 nitrogen and oxygen atoms in total. The number of carbonyl (C=O) groups excluding carboxylic acids is 2. The van der Waals surface area contributed by atoms with Crippen molar-refractivity contribution in [2.45, 2.75) is 4.87 Å². The van der Waals surface area contributed by atoms with Gasteiger partial charge in [0, 0.05) is 48.1 Å². The number of carbonyl (C=O) groups is 2. The first-order valence-corrected chi connectivity index (χ1v) is 13.2. The summed E-state index contributed by atoms with van der Waals surface area (Å²) < 4.78 is 13.3. The number of anilines is 3. The molecule has 3 aromatic carbocycles. The zero-order chi connectivity index (χ0) is 24.9. The Bertz CT molecular complexity index is 1330. The van der Waals surface area contributed by atoms with Gasteiger partial charge in [-0.15, -0.1) is 11.8 Å². The predicted molar refractivity (Wildman–Crippen MR) is 142 cm³/mol. The number of para-hydroxylation sites is 1. The molecular formula is C27H24ClFN4O2S. The van der Waals surface area contributed by atoms with Gasteiger partial charge in [0.1, 0.15) is 5.82 Å². The van der Waals surface area contributed by atoms with Gasteiger partial charge in [-0.3, -0.25) is 24.3 Å². The summed E-state index contributed by atoms with van der Waals surface area (Å²) in [5, 5.41) is 0.516. The number of amides is 2. The summed E-state index contributed by atoms with van der Waals surface area (Å²) in [4.78, 5) is 34.1. The minimum atomic E-state index is -1.14. The van der Waals surface area contributed by atoms with E-state index in [1.807, 2.05) is 35.2 Å². The van der Waals surface area contributed by atoms with Gasteiger partial charge in [0.25, 0.3) is 5.91 Å². The average Bonchev–Trinajstić information content (AvgIpc) is 3.36. The van der Waals surface area contributed by atoms with Gasteiger partial charge in [-0.05, 0) is 48.5 Å². The van der Waals surface area contributed by atoms with Crippen LogP contribution >= 0.6 is 23.4 Å². The molecule has 0 bridgehead atoms. The summed E-state index contributed by atoms with van der Waals surface area (Å²) in [6.45, 7) is 3.53. The number of fused-ring (bicyclic) bond motifs is 2. The summed E-state index contributed by atoms with van der Waals surface area (Å²) in [5.41, 5.74) is 3.28. The summed E-state index contributed by atoms with van der Waals surface area (Å²) in [7, 11) is 0. The summed E-state index contributed by atoms with van der Waals surface area (Å²) >= 11 is 7.62. The minimum absolute atomic E-state index is 0.111. The molecule has 3 aromatic rings. The number of hydrogen-bond donors (Lipinski definition) is 0. The zero-order valence-electron chi connectivity index (χ0n) is 19.4. The fourth-order valence-corrected chi connectivity index (χ4v) is 6.85. The molecule has 3 heterocycles. The molecule has 0 N–H and O–H groups in total. The molecule has 2 saturated heterocycles. The highest BCUT2D eigenvalue weighted by Gasteiger charge is 2.61. The van der Waals surface area contributed by atoms with Gasteiger partial charge in [0.2, 0.25) is 10.8 Å². The number of hydrogen-bond acceptors (Lipinski definition) is 5. The van der Waals surface area contributed by atoms with E-state index in [1.54, 1.807) is 35.2 Å². The number of halogens is 2. The van der Waals surface area contributed by atoms with Gasteiger partial charge in [-0.1, -0.05) is 35.9 Å². The third-order valence-corrected chi connectivity index (χ3v) is 8.66. The van der Waals surface area contributed by atoms with E-state index in [9.17, 15) is 14.0 Å². The maximum absolute atomic E-state index is 14.2. The van der Waals surface area contributed by atoms with Crippen LogP contribution in [-0.2, 0) is 14.5 Å². The van der Waals surface area contributed by atoms with E-state index < -0.39 is 4.87 Å². The Hall–Kier alpha value is -3.07. The molecule has 6 rings (SSSR count). The van der Waals surface area contributed by atoms with Crippen molar-refractivity contribution in [1.29, 1.82) is 0 Å². The maximum atomic E-state index is 14.2. The first kappa shape index (κ1) is 23.3. The third kappa shape index (κ3) is 3.75. The second-order valence-electron chi connectivity index (χ2n) is 9.11. The van der Waals surface area contributed by atoms with Gasteiger partial charge in [0.15, 0.2) is 0 Å². The van der Waals surface area contributed by atoms with E-state index >= 15 is 0 Å². The number of piperazine rings is 1. The standard InChI is InChI=1S/C27H24ClFN4O2S/c28-19-4-3-5-22(16-19)33-25(34)17-36-27(33)23-6-1-2-7-24(23)32(26(27)35)18-30-12-14-31(15-13-30)21-10-8-20(29)9-11-21/h1-11,16H,12-15,17-18H2. The Labute approximate surface area is 218 Å². The predicted octanol–water partition coefficient (Wildman–Crippen LogP) is 4.54. The summed E-state index contributed by atoms with van der Waals surface area (Å²) in [5.74, 6) is -0.246. The fraction of sp³-hybridized carbons (Fsp3) is 0.259. The highest BCUT2D eigenvalue weighted by atomic mass is 35.5. The van der Waals surface area contributed by atoms with Gasteiger partial charge in [-0.25, -0.2) is 4.39 Å². The molecule has 184 valence electrons. The largest absolute Gasteiger partial charge is 0.369 e. The lowest BCUT2D eigenvalue weighted by molar-refractivity contribution is -0.124. The van der Waals surface area contributed by atoms with E-state index in [4.69, 9.17) is 11.6 Å². The molecular weight excluding hydrogens is 499 g/mol. The molecule has 1 spiro atoms. The van der Waals surface area contributed by atoms with Crippen LogP contribution in [0, 0.1) is 5.82 Å². The van der Waals surface area contributed by atoms with Gasteiger partial charge in [0.05, 0.1) is 18.1 Å². The molecule has 1 unspecified atom stereocenters. The Morgan fingerprint density at radius 3 is 2.39 bits per heavy atom. The molecule has 0 aromatic heterocycles. The number of nitrogens with zero attached hydrogens (tertiary/aromatic N) is 4.